The maximum Gasteiger partial charge on any atom is 0.0544 e. The fourth-order valence-electron chi connectivity index (χ4n) is 1.98. The molecule has 0 bridgehead atoms. The summed E-state index contributed by atoms with van der Waals surface area (Å²) in [6.07, 6.45) is 2.30. The summed E-state index contributed by atoms with van der Waals surface area (Å²) >= 11 is 0. The Labute approximate surface area is 109 Å². The predicted octanol–water partition coefficient (Wildman–Crippen LogP) is 3.11. The van der Waals surface area contributed by atoms with Gasteiger partial charge in [-0.05, 0) is 44.0 Å². The van der Waals surface area contributed by atoms with E-state index in [0.717, 1.165) is 37.3 Å². The first-order chi connectivity index (χ1) is 8.84. The van der Waals surface area contributed by atoms with Gasteiger partial charge in [-0.1, -0.05) is 36.4 Å². The van der Waals surface area contributed by atoms with E-state index in [0.29, 0.717) is 0 Å². The Morgan fingerprint density at radius 2 is 1.83 bits per heavy atom. The molecule has 0 aliphatic carbocycles. The lowest BCUT2D eigenvalue weighted by atomic mass is 10.1. The van der Waals surface area contributed by atoms with Crippen molar-refractivity contribution < 1.29 is 0 Å². The van der Waals surface area contributed by atoms with Crippen LogP contribution < -0.4 is 5.32 Å². The first-order valence-corrected chi connectivity index (χ1v) is 6.52. The minimum Gasteiger partial charge on any atom is -0.311 e. The van der Waals surface area contributed by atoms with E-state index in [1.807, 2.05) is 13.0 Å². The Bertz CT molecular complexity index is 466. The second kappa shape index (κ2) is 6.92. The quantitative estimate of drug-likeness (QED) is 0.785. The molecule has 0 saturated carbocycles. The summed E-state index contributed by atoms with van der Waals surface area (Å²) in [7, 11) is 0. The Morgan fingerprint density at radius 1 is 1.00 bits per heavy atom. The lowest BCUT2D eigenvalue weighted by molar-refractivity contribution is 0.640. The molecule has 0 spiro atoms. The van der Waals surface area contributed by atoms with Gasteiger partial charge >= 0.3 is 0 Å². The summed E-state index contributed by atoms with van der Waals surface area (Å²) in [5, 5.41) is 3.44. The fraction of sp³-hybridized carbons (Fsp3) is 0.312. The average Bonchev–Trinajstić information content (AvgIpc) is 2.40. The second-order valence-electron chi connectivity index (χ2n) is 4.54. The SMILES string of the molecule is Cc1cccc(CNCCCc2ccccc2)n1. The van der Waals surface area contributed by atoms with Crippen molar-refractivity contribution in [3.8, 4) is 0 Å². The van der Waals surface area contributed by atoms with Gasteiger partial charge in [0.1, 0.15) is 0 Å². The van der Waals surface area contributed by atoms with Crippen molar-refractivity contribution in [2.24, 2.45) is 0 Å². The van der Waals surface area contributed by atoms with Gasteiger partial charge in [0.2, 0.25) is 0 Å². The average molecular weight is 240 g/mol. The molecule has 94 valence electrons. The summed E-state index contributed by atoms with van der Waals surface area (Å²) in [5.74, 6) is 0. The standard InChI is InChI=1S/C16H20N2/c1-14-7-5-11-16(18-14)13-17-12-6-10-15-8-3-2-4-9-15/h2-5,7-9,11,17H,6,10,12-13H2,1H3. The van der Waals surface area contributed by atoms with Gasteiger partial charge in [0.15, 0.2) is 0 Å². The van der Waals surface area contributed by atoms with Gasteiger partial charge in [-0.15, -0.1) is 0 Å². The molecule has 1 N–H and O–H groups in total. The Balaban J connectivity index is 1.65. The third kappa shape index (κ3) is 4.30. The molecule has 0 saturated heterocycles. The van der Waals surface area contributed by atoms with Gasteiger partial charge in [-0.25, -0.2) is 0 Å². The predicted molar refractivity (Wildman–Crippen MR) is 75.4 cm³/mol. The molecule has 0 unspecified atom stereocenters. The maximum absolute atomic E-state index is 4.47. The van der Waals surface area contributed by atoms with Crippen molar-refractivity contribution in [3.05, 3.63) is 65.5 Å². The molecule has 1 aromatic heterocycles. The molecule has 2 rings (SSSR count). The molecule has 0 aliphatic heterocycles. The summed E-state index contributed by atoms with van der Waals surface area (Å²) in [4.78, 5) is 4.47. The zero-order chi connectivity index (χ0) is 12.6. The number of aromatic nitrogens is 1. The van der Waals surface area contributed by atoms with E-state index in [1.165, 1.54) is 5.56 Å². The number of pyridine rings is 1. The highest BCUT2D eigenvalue weighted by molar-refractivity contribution is 5.14. The number of aryl methyl sites for hydroxylation is 2. The van der Waals surface area contributed by atoms with Gasteiger partial charge < -0.3 is 5.32 Å². The number of hydrogen-bond acceptors (Lipinski definition) is 2. The topological polar surface area (TPSA) is 24.9 Å². The monoisotopic (exact) mass is 240 g/mol. The third-order valence-electron chi connectivity index (χ3n) is 2.91. The van der Waals surface area contributed by atoms with E-state index in [2.05, 4.69) is 52.8 Å². The Morgan fingerprint density at radius 3 is 2.61 bits per heavy atom. The van der Waals surface area contributed by atoms with Crippen LogP contribution in [0.1, 0.15) is 23.4 Å². The van der Waals surface area contributed by atoms with Crippen LogP contribution in [0.4, 0.5) is 0 Å². The molecule has 2 aromatic rings. The van der Waals surface area contributed by atoms with Crippen molar-refractivity contribution in [1.82, 2.24) is 10.3 Å². The van der Waals surface area contributed by atoms with E-state index in [-0.39, 0.29) is 0 Å². The molecule has 2 nitrogen and oxygen atoms in total. The molecule has 0 aliphatic rings. The van der Waals surface area contributed by atoms with E-state index < -0.39 is 0 Å². The summed E-state index contributed by atoms with van der Waals surface area (Å²) < 4.78 is 0. The van der Waals surface area contributed by atoms with Gasteiger partial charge in [0, 0.05) is 12.2 Å². The van der Waals surface area contributed by atoms with Crippen LogP contribution >= 0.6 is 0 Å². The molecule has 0 amide bonds. The first kappa shape index (κ1) is 12.8. The van der Waals surface area contributed by atoms with Crippen molar-refractivity contribution in [1.29, 1.82) is 0 Å². The van der Waals surface area contributed by atoms with Gasteiger partial charge in [-0.3, -0.25) is 4.98 Å². The molecule has 1 heterocycles. The minimum atomic E-state index is 0.858. The van der Waals surface area contributed by atoms with E-state index in [4.69, 9.17) is 0 Å². The Kier molecular flexibility index (Phi) is 4.91. The molecule has 0 fully saturated rings. The zero-order valence-electron chi connectivity index (χ0n) is 10.9. The summed E-state index contributed by atoms with van der Waals surface area (Å²) in [6.45, 7) is 3.92. The normalized spacial score (nSPS) is 10.5. The smallest absolute Gasteiger partial charge is 0.0544 e. The van der Waals surface area contributed by atoms with Gasteiger partial charge in [-0.2, -0.15) is 0 Å². The van der Waals surface area contributed by atoms with Crippen LogP contribution in [0.3, 0.4) is 0 Å². The molecule has 1 aromatic carbocycles. The van der Waals surface area contributed by atoms with E-state index >= 15 is 0 Å². The Hall–Kier alpha value is -1.67. The van der Waals surface area contributed by atoms with Crippen LogP contribution in [0.5, 0.6) is 0 Å². The summed E-state index contributed by atoms with van der Waals surface area (Å²) in [6, 6.07) is 16.8. The molecule has 18 heavy (non-hydrogen) atoms. The molecule has 0 radical (unpaired) electrons. The zero-order valence-corrected chi connectivity index (χ0v) is 10.9. The van der Waals surface area contributed by atoms with Crippen LogP contribution in [-0.4, -0.2) is 11.5 Å². The number of rotatable bonds is 6. The van der Waals surface area contributed by atoms with Gasteiger partial charge in [0.25, 0.3) is 0 Å². The minimum absolute atomic E-state index is 0.858. The maximum atomic E-state index is 4.47. The van der Waals surface area contributed by atoms with Crippen LogP contribution in [-0.2, 0) is 13.0 Å². The van der Waals surface area contributed by atoms with Crippen molar-refractivity contribution >= 4 is 0 Å². The molecule has 0 atom stereocenters. The van der Waals surface area contributed by atoms with Crippen LogP contribution in [0, 0.1) is 6.92 Å². The molecule has 2 heteroatoms. The van der Waals surface area contributed by atoms with Crippen molar-refractivity contribution in [3.63, 3.8) is 0 Å². The number of benzene rings is 1. The van der Waals surface area contributed by atoms with Crippen molar-refractivity contribution in [2.75, 3.05) is 6.54 Å². The van der Waals surface area contributed by atoms with Crippen LogP contribution in [0.25, 0.3) is 0 Å². The second-order valence-corrected chi connectivity index (χ2v) is 4.54. The highest BCUT2D eigenvalue weighted by atomic mass is 14.9. The summed E-state index contributed by atoms with van der Waals surface area (Å²) in [5.41, 5.74) is 3.61. The largest absolute Gasteiger partial charge is 0.311 e. The van der Waals surface area contributed by atoms with Crippen LogP contribution in [0.15, 0.2) is 48.5 Å². The highest BCUT2D eigenvalue weighted by Gasteiger charge is 1.95. The number of hydrogen-bond donors (Lipinski definition) is 1. The van der Waals surface area contributed by atoms with E-state index in [1.54, 1.807) is 0 Å². The number of nitrogens with zero attached hydrogens (tertiary/aromatic N) is 1. The lowest BCUT2D eigenvalue weighted by Crippen LogP contribution is -2.16. The van der Waals surface area contributed by atoms with Gasteiger partial charge in [0.05, 0.1) is 5.69 Å². The third-order valence-corrected chi connectivity index (χ3v) is 2.91. The van der Waals surface area contributed by atoms with E-state index in [9.17, 15) is 0 Å². The highest BCUT2D eigenvalue weighted by Crippen LogP contribution is 2.02. The molecular weight excluding hydrogens is 220 g/mol. The van der Waals surface area contributed by atoms with Crippen LogP contribution in [0.2, 0.25) is 0 Å². The fourth-order valence-corrected chi connectivity index (χ4v) is 1.98. The first-order valence-electron chi connectivity index (χ1n) is 6.52. The number of nitrogens with one attached hydrogen (secondary N) is 1. The lowest BCUT2D eigenvalue weighted by Gasteiger charge is -2.05. The van der Waals surface area contributed by atoms with Crippen molar-refractivity contribution in [2.45, 2.75) is 26.3 Å². The molecular formula is C16H20N2.